The molecular formula is C17H17N3O2. The van der Waals surface area contributed by atoms with Gasteiger partial charge in [-0.3, -0.25) is 4.79 Å². The summed E-state index contributed by atoms with van der Waals surface area (Å²) >= 11 is 0. The monoisotopic (exact) mass is 295 g/mol. The van der Waals surface area contributed by atoms with E-state index in [4.69, 9.17) is 4.42 Å². The summed E-state index contributed by atoms with van der Waals surface area (Å²) in [7, 11) is 0. The number of hydrogen-bond donors (Lipinski definition) is 1. The maximum atomic E-state index is 12.5. The highest BCUT2D eigenvalue weighted by atomic mass is 16.3. The molecule has 2 aromatic rings. The molecule has 112 valence electrons. The fourth-order valence-electron chi connectivity index (χ4n) is 3.48. The van der Waals surface area contributed by atoms with Crippen LogP contribution < -0.4 is 5.32 Å². The second-order valence-electron chi connectivity index (χ2n) is 5.98. The van der Waals surface area contributed by atoms with E-state index in [-0.39, 0.29) is 11.9 Å². The third-order valence-electron chi connectivity index (χ3n) is 4.60. The normalized spacial score (nSPS) is 26.0. The first-order valence-electron chi connectivity index (χ1n) is 7.58. The van der Waals surface area contributed by atoms with Crippen LogP contribution in [0.3, 0.4) is 0 Å². The Morgan fingerprint density at radius 3 is 3.14 bits per heavy atom. The van der Waals surface area contributed by atoms with Crippen molar-refractivity contribution in [2.45, 2.75) is 19.4 Å². The molecule has 0 radical (unpaired) electrons. The zero-order valence-electron chi connectivity index (χ0n) is 12.4. The lowest BCUT2D eigenvalue weighted by atomic mass is 10.00. The highest BCUT2D eigenvalue weighted by Gasteiger charge is 2.38. The lowest BCUT2D eigenvalue weighted by Crippen LogP contribution is -2.43. The number of nitrogens with zero attached hydrogens (tertiary/aromatic N) is 2. The summed E-state index contributed by atoms with van der Waals surface area (Å²) in [6, 6.07) is 2.01. The summed E-state index contributed by atoms with van der Waals surface area (Å²) in [4.78, 5) is 19.1. The van der Waals surface area contributed by atoms with Crippen molar-refractivity contribution >= 4 is 16.9 Å². The Hall–Kier alpha value is -2.32. The summed E-state index contributed by atoms with van der Waals surface area (Å²) in [5.74, 6) is 6.31. The molecule has 2 fully saturated rings. The number of carbonyl (C=O) groups is 1. The number of pyridine rings is 1. The molecule has 4 heterocycles. The molecule has 5 nitrogen and oxygen atoms in total. The smallest absolute Gasteiger partial charge is 0.270 e. The van der Waals surface area contributed by atoms with Crippen LogP contribution in [0, 0.1) is 17.8 Å². The van der Waals surface area contributed by atoms with Crippen molar-refractivity contribution in [2.75, 3.05) is 19.6 Å². The largest absolute Gasteiger partial charge is 0.461 e. The van der Waals surface area contributed by atoms with Crippen molar-refractivity contribution in [3.8, 4) is 11.8 Å². The van der Waals surface area contributed by atoms with Gasteiger partial charge in [0.2, 0.25) is 0 Å². The average molecular weight is 295 g/mol. The van der Waals surface area contributed by atoms with Crippen LogP contribution in [0.15, 0.2) is 22.9 Å². The highest BCUT2D eigenvalue weighted by Crippen LogP contribution is 2.28. The predicted octanol–water partition coefficient (Wildman–Crippen LogP) is 1.63. The van der Waals surface area contributed by atoms with Gasteiger partial charge in [0.25, 0.3) is 5.91 Å². The van der Waals surface area contributed by atoms with E-state index in [2.05, 4.69) is 27.0 Å². The standard InChI is InChI=1S/C17H17N3O2/c1-2-3-12-10-22-16-7-18-14(6-13(12)16)17(21)19-15-9-20-5-4-11(15)8-20/h6-7,10-11,15H,4-5,8-9H2,1H3,(H,19,21). The van der Waals surface area contributed by atoms with Gasteiger partial charge in [-0.05, 0) is 31.9 Å². The molecule has 3 atom stereocenters. The van der Waals surface area contributed by atoms with E-state index in [0.29, 0.717) is 17.2 Å². The lowest BCUT2D eigenvalue weighted by molar-refractivity contribution is 0.0919. The van der Waals surface area contributed by atoms with Crippen molar-refractivity contribution in [2.24, 2.45) is 5.92 Å². The summed E-state index contributed by atoms with van der Waals surface area (Å²) < 4.78 is 5.41. The number of amides is 1. The molecule has 1 amide bonds. The molecule has 2 aliphatic heterocycles. The Kier molecular flexibility index (Phi) is 3.12. The van der Waals surface area contributed by atoms with Crippen molar-refractivity contribution in [3.63, 3.8) is 0 Å². The second kappa shape index (κ2) is 5.15. The maximum absolute atomic E-state index is 12.5. The van der Waals surface area contributed by atoms with E-state index in [1.54, 1.807) is 25.5 Å². The molecule has 2 saturated heterocycles. The molecule has 0 aliphatic carbocycles. The molecule has 4 rings (SSSR count). The number of rotatable bonds is 2. The van der Waals surface area contributed by atoms with Crippen LogP contribution in [0.25, 0.3) is 11.0 Å². The molecule has 0 spiro atoms. The van der Waals surface area contributed by atoms with Gasteiger partial charge in [-0.2, -0.15) is 0 Å². The molecule has 0 aromatic carbocycles. The van der Waals surface area contributed by atoms with Crippen LogP contribution in [-0.2, 0) is 0 Å². The van der Waals surface area contributed by atoms with Crippen molar-refractivity contribution in [1.82, 2.24) is 15.2 Å². The quantitative estimate of drug-likeness (QED) is 0.856. The van der Waals surface area contributed by atoms with Gasteiger partial charge in [-0.1, -0.05) is 5.92 Å². The van der Waals surface area contributed by atoms with Gasteiger partial charge in [-0.15, -0.1) is 5.92 Å². The van der Waals surface area contributed by atoms with Gasteiger partial charge in [0.1, 0.15) is 12.0 Å². The Morgan fingerprint density at radius 2 is 2.41 bits per heavy atom. The van der Waals surface area contributed by atoms with E-state index in [1.165, 1.54) is 6.42 Å². The second-order valence-corrected chi connectivity index (χ2v) is 5.98. The third-order valence-corrected chi connectivity index (χ3v) is 4.60. The van der Waals surface area contributed by atoms with Crippen LogP contribution in [0.1, 0.15) is 29.4 Å². The third kappa shape index (κ3) is 2.16. The number of furan rings is 1. The van der Waals surface area contributed by atoms with Crippen molar-refractivity contribution < 1.29 is 9.21 Å². The first-order chi connectivity index (χ1) is 10.7. The van der Waals surface area contributed by atoms with Gasteiger partial charge in [0, 0.05) is 24.5 Å². The first kappa shape index (κ1) is 13.4. The summed E-state index contributed by atoms with van der Waals surface area (Å²) in [5.41, 5.74) is 1.87. The fourth-order valence-corrected chi connectivity index (χ4v) is 3.48. The summed E-state index contributed by atoms with van der Waals surface area (Å²) in [5, 5.41) is 3.96. The van der Waals surface area contributed by atoms with E-state index in [1.807, 2.05) is 0 Å². The van der Waals surface area contributed by atoms with Crippen LogP contribution in [0.4, 0.5) is 0 Å². The zero-order valence-corrected chi connectivity index (χ0v) is 12.4. The summed E-state index contributed by atoms with van der Waals surface area (Å²) in [6.45, 7) is 5.00. The van der Waals surface area contributed by atoms with Crippen LogP contribution in [0.2, 0.25) is 0 Å². The molecule has 2 aromatic heterocycles. The summed E-state index contributed by atoms with van der Waals surface area (Å²) in [6.07, 6.45) is 4.37. The number of nitrogens with one attached hydrogen (secondary N) is 1. The molecule has 3 unspecified atom stereocenters. The van der Waals surface area contributed by atoms with Gasteiger partial charge in [0.05, 0.1) is 11.8 Å². The lowest BCUT2D eigenvalue weighted by Gasteiger charge is -2.22. The Bertz CT molecular complexity index is 799. The highest BCUT2D eigenvalue weighted by molar-refractivity contribution is 5.97. The maximum Gasteiger partial charge on any atom is 0.270 e. The molecule has 2 bridgehead atoms. The van der Waals surface area contributed by atoms with Crippen molar-refractivity contribution in [3.05, 3.63) is 29.8 Å². The van der Waals surface area contributed by atoms with Crippen LogP contribution in [-0.4, -0.2) is 41.5 Å². The molecular weight excluding hydrogens is 278 g/mol. The molecule has 22 heavy (non-hydrogen) atoms. The van der Waals surface area contributed by atoms with Crippen molar-refractivity contribution in [1.29, 1.82) is 0 Å². The minimum Gasteiger partial charge on any atom is -0.461 e. The predicted molar refractivity (Wildman–Crippen MR) is 82.4 cm³/mol. The minimum absolute atomic E-state index is 0.114. The van der Waals surface area contributed by atoms with Gasteiger partial charge in [0.15, 0.2) is 5.58 Å². The van der Waals surface area contributed by atoms with E-state index < -0.39 is 0 Å². The number of piperidine rings is 1. The molecule has 5 heteroatoms. The van der Waals surface area contributed by atoms with Gasteiger partial charge < -0.3 is 14.6 Å². The number of hydrogen-bond acceptors (Lipinski definition) is 4. The molecule has 1 N–H and O–H groups in total. The molecule has 0 saturated carbocycles. The Morgan fingerprint density at radius 1 is 1.50 bits per heavy atom. The van der Waals surface area contributed by atoms with Crippen LogP contribution in [0.5, 0.6) is 0 Å². The number of aromatic nitrogens is 1. The first-order valence-corrected chi connectivity index (χ1v) is 7.58. The SMILES string of the molecule is CC#Cc1coc2cnc(C(=O)NC3CN4CCC3C4)cc12. The van der Waals surface area contributed by atoms with Crippen LogP contribution >= 0.6 is 0 Å². The minimum atomic E-state index is -0.114. The zero-order chi connectivity index (χ0) is 15.1. The topological polar surface area (TPSA) is 58.4 Å². The van der Waals surface area contributed by atoms with E-state index in [0.717, 1.165) is 30.6 Å². The average Bonchev–Trinajstić information content (AvgIpc) is 3.23. The van der Waals surface area contributed by atoms with E-state index >= 15 is 0 Å². The van der Waals surface area contributed by atoms with Gasteiger partial charge in [-0.25, -0.2) is 4.98 Å². The number of fused-ring (bicyclic) bond motifs is 3. The molecule has 2 aliphatic rings. The number of carbonyl (C=O) groups excluding carboxylic acids is 1. The Balaban J connectivity index is 1.58. The Labute approximate surface area is 128 Å². The van der Waals surface area contributed by atoms with Gasteiger partial charge >= 0.3 is 0 Å². The fraction of sp³-hybridized carbons (Fsp3) is 0.412. The van der Waals surface area contributed by atoms with E-state index in [9.17, 15) is 4.79 Å².